The smallest absolute Gasteiger partial charge is 0.333 e. The fourth-order valence-electron chi connectivity index (χ4n) is 19.9. The van der Waals surface area contributed by atoms with Crippen LogP contribution in [0.1, 0.15) is 546 Å². The topological polar surface area (TPSA) is 176 Å². The number of carbonyl (C=O) groups is 6. The molecule has 0 spiro atoms. The minimum Gasteiger partial charge on any atom is -0.489 e. The van der Waals surface area contributed by atoms with Crippen molar-refractivity contribution >= 4 is 35.4 Å². The van der Waals surface area contributed by atoms with E-state index in [0.29, 0.717) is 59.8 Å². The number of carbonyl (C=O) groups excluding carboxylic acids is 6. The normalized spacial score (nSPS) is 11.8. The molecule has 0 amide bonds. The molecule has 780 valence electrons. The van der Waals surface area contributed by atoms with Gasteiger partial charge >= 0.3 is 23.9 Å². The summed E-state index contributed by atoms with van der Waals surface area (Å²) in [4.78, 5) is 77.8. The molecule has 0 aliphatic heterocycles. The number of Topliss-reactive ketones (excluding diaryl/α,β-unsaturated/α-hetero) is 2. The van der Waals surface area contributed by atoms with Crippen molar-refractivity contribution in [1.29, 1.82) is 0 Å². The van der Waals surface area contributed by atoms with Crippen LogP contribution in [0.15, 0.2) is 72.8 Å². The Hall–Kier alpha value is -7.22. The maximum atomic E-state index is 13.3. The lowest BCUT2D eigenvalue weighted by atomic mass is 9.86. The molecule has 138 heavy (non-hydrogen) atoms. The first-order chi connectivity index (χ1) is 67.4. The molecule has 0 N–H and O–H groups in total. The first kappa shape index (κ1) is 121. The van der Waals surface area contributed by atoms with Crippen LogP contribution in [-0.2, 0) is 99.1 Å². The summed E-state index contributed by atoms with van der Waals surface area (Å²) in [5, 5.41) is 0. The largest absolute Gasteiger partial charge is 0.489 e. The average Bonchev–Trinajstić information content (AvgIpc) is 0.770. The van der Waals surface area contributed by atoms with E-state index >= 15 is 0 Å². The summed E-state index contributed by atoms with van der Waals surface area (Å²) in [6, 6.07) is 18.7. The minimum absolute atomic E-state index is 0.0151. The zero-order chi connectivity index (χ0) is 99.2. The van der Waals surface area contributed by atoms with Crippen molar-refractivity contribution in [2.75, 3.05) is 52.9 Å². The molecule has 5 rings (SSSR count). The monoisotopic (exact) mass is 1910 g/mol. The highest BCUT2D eigenvalue weighted by molar-refractivity contribution is 5.94. The second kappa shape index (κ2) is 81.2. The van der Waals surface area contributed by atoms with Gasteiger partial charge in [-0.25, -0.2) is 9.59 Å². The SMILES string of the molecule is C=C(C)C(=O)OCCOc1c2cc(CCCCCCCCCCCCCCCCCC)cc1Cc1cc(CCCCCCCCCCCCCCCCCC)cc(c1OCCOC(=O)CC(C)=O)Cc1cc(CCCCCCCCCCCCCCCCCC)cc(c1OCCOC(=O)C(=C)C)Cc1cc(CCCCCCCCCCCCCCCCCC)cc(c1OCCOC(=O)CC(C)=O)C2. The van der Waals surface area contributed by atoms with Crippen LogP contribution >= 0.6 is 0 Å². The molecule has 8 bridgehead atoms. The van der Waals surface area contributed by atoms with Gasteiger partial charge in [-0.05, 0) is 146 Å². The molecule has 0 saturated carbocycles. The van der Waals surface area contributed by atoms with Crippen molar-refractivity contribution in [2.45, 2.75) is 531 Å². The molecule has 0 unspecified atom stereocenters. The maximum absolute atomic E-state index is 13.3. The lowest BCUT2D eigenvalue weighted by Crippen LogP contribution is -2.17. The Morgan fingerprint density at radius 3 is 0.500 bits per heavy atom. The lowest BCUT2D eigenvalue weighted by molar-refractivity contribution is -0.147. The summed E-state index contributed by atoms with van der Waals surface area (Å²) in [6.07, 6.45) is 86.1. The van der Waals surface area contributed by atoms with Crippen molar-refractivity contribution in [3.05, 3.63) is 140 Å². The summed E-state index contributed by atoms with van der Waals surface area (Å²) in [5.74, 6) is -0.0368. The molecular formula is C124H200O14. The number of esters is 4. The first-order valence-electron chi connectivity index (χ1n) is 57.5. The Balaban J connectivity index is 1.75. The number of unbranched alkanes of at least 4 members (excludes halogenated alkanes) is 60. The van der Waals surface area contributed by atoms with Crippen LogP contribution in [0.5, 0.6) is 23.0 Å². The summed E-state index contributed by atoms with van der Waals surface area (Å²) in [6.45, 7) is 23.0. The fourth-order valence-corrected chi connectivity index (χ4v) is 19.9. The number of ketones is 2. The van der Waals surface area contributed by atoms with Gasteiger partial charge in [-0.15, -0.1) is 0 Å². The highest BCUT2D eigenvalue weighted by Gasteiger charge is 2.27. The van der Waals surface area contributed by atoms with Gasteiger partial charge in [0.05, 0.1) is 0 Å². The average molecular weight is 1910 g/mol. The van der Waals surface area contributed by atoms with Crippen molar-refractivity contribution < 1.29 is 66.7 Å². The molecule has 0 saturated heterocycles. The molecule has 0 aromatic heterocycles. The Morgan fingerprint density at radius 1 is 0.210 bits per heavy atom. The van der Waals surface area contributed by atoms with E-state index in [-0.39, 0.29) is 77.3 Å². The highest BCUT2D eigenvalue weighted by Crippen LogP contribution is 2.43. The van der Waals surface area contributed by atoms with E-state index < -0.39 is 23.9 Å². The van der Waals surface area contributed by atoms with Crippen molar-refractivity contribution in [3.63, 3.8) is 0 Å². The number of fused-ring (bicyclic) bond motifs is 8. The van der Waals surface area contributed by atoms with Crippen LogP contribution in [0.4, 0.5) is 0 Å². The molecule has 0 radical (unpaired) electrons. The van der Waals surface area contributed by atoms with Crippen molar-refractivity contribution in [2.24, 2.45) is 0 Å². The second-order valence-electron chi connectivity index (χ2n) is 41.3. The molecule has 14 heteroatoms. The standard InChI is InChI=1S/C124H200O14/c1-11-15-19-23-27-31-35-39-43-47-51-55-59-63-67-71-75-105-89-109-97-113-93-107(77-73-69-65-61-57-53-49-45-41-37-33-29-25-21-17-13-3)95-115(121(113)135-83-85-137-123(129)101(5)6)99-111-91-106(76-72-68-64-60-56-52-48-44-40-36-32-28-24-20-16-12-2)92-112(120(111)134-82-80-132-118(128)88-104(10)126)100-116-96-108(78-74-70-66-62-58-54-50-46-42-38-34-30-26-22-18-14-4)94-114(122(116)136-84-86-138-124(130)102(7)8)98-110(90-105)119(109)133-81-79-131-117(127)87-103(9)125/h89-96H,5,7,11-88,97-100H2,1-4,6,8-10H3. The summed E-state index contributed by atoms with van der Waals surface area (Å²) in [5.41, 5.74) is 12.9. The zero-order valence-corrected chi connectivity index (χ0v) is 89.7. The van der Waals surface area contributed by atoms with Crippen LogP contribution in [0.3, 0.4) is 0 Å². The fraction of sp³-hybridized carbons (Fsp3) is 0.726. The number of aryl methyl sites for hydroxylation is 4. The molecule has 1 aliphatic rings. The first-order valence-corrected chi connectivity index (χ1v) is 57.5. The zero-order valence-electron chi connectivity index (χ0n) is 89.7. The lowest BCUT2D eigenvalue weighted by Gasteiger charge is -2.25. The molecule has 0 atom stereocenters. The molecule has 0 fully saturated rings. The van der Waals surface area contributed by atoms with E-state index in [0.717, 1.165) is 122 Å². The summed E-state index contributed by atoms with van der Waals surface area (Å²) in [7, 11) is 0. The quantitative estimate of drug-likeness (QED) is 0.0118. The highest BCUT2D eigenvalue weighted by atomic mass is 16.6. The predicted molar refractivity (Wildman–Crippen MR) is 576 cm³/mol. The van der Waals surface area contributed by atoms with Crippen LogP contribution in [0.25, 0.3) is 0 Å². The third kappa shape index (κ3) is 59.0. The summed E-state index contributed by atoms with van der Waals surface area (Å²) >= 11 is 0. The van der Waals surface area contributed by atoms with Crippen molar-refractivity contribution in [3.8, 4) is 23.0 Å². The Bertz CT molecular complexity index is 3570. The second-order valence-corrected chi connectivity index (χ2v) is 41.3. The van der Waals surface area contributed by atoms with Crippen LogP contribution < -0.4 is 18.9 Å². The number of benzene rings is 4. The molecule has 4 aromatic carbocycles. The van der Waals surface area contributed by atoms with Gasteiger partial charge in [0.2, 0.25) is 0 Å². The van der Waals surface area contributed by atoms with E-state index in [1.54, 1.807) is 13.8 Å². The molecule has 0 heterocycles. The predicted octanol–water partition coefficient (Wildman–Crippen LogP) is 34.4. The maximum Gasteiger partial charge on any atom is 0.333 e. The van der Waals surface area contributed by atoms with Gasteiger partial charge in [-0.1, -0.05) is 475 Å². The molecule has 4 aromatic rings. The van der Waals surface area contributed by atoms with E-state index in [9.17, 15) is 28.8 Å². The van der Waals surface area contributed by atoms with Crippen molar-refractivity contribution in [1.82, 2.24) is 0 Å². The summed E-state index contributed by atoms with van der Waals surface area (Å²) < 4.78 is 52.4. The third-order valence-electron chi connectivity index (χ3n) is 27.8. The Kier molecular flexibility index (Phi) is 71.4. The van der Waals surface area contributed by atoms with Gasteiger partial charge in [0.1, 0.15) is 100 Å². The molecule has 14 nitrogen and oxygen atoms in total. The van der Waals surface area contributed by atoms with Gasteiger partial charge in [-0.2, -0.15) is 0 Å². The van der Waals surface area contributed by atoms with E-state index in [4.69, 9.17) is 37.9 Å². The van der Waals surface area contributed by atoms with Crippen LogP contribution in [0, 0.1) is 0 Å². The van der Waals surface area contributed by atoms with Gasteiger partial charge in [0.25, 0.3) is 0 Å². The van der Waals surface area contributed by atoms with Gasteiger partial charge in [0, 0.05) is 36.8 Å². The number of hydrogen-bond acceptors (Lipinski definition) is 14. The third-order valence-corrected chi connectivity index (χ3v) is 27.8. The Labute approximate surface area is 843 Å². The number of hydrogen-bond donors (Lipinski definition) is 0. The minimum atomic E-state index is -0.602. The molecule has 1 aliphatic carbocycles. The van der Waals surface area contributed by atoms with E-state index in [2.05, 4.69) is 89.4 Å². The van der Waals surface area contributed by atoms with Gasteiger partial charge < -0.3 is 37.9 Å². The van der Waals surface area contributed by atoms with E-state index in [1.165, 1.54) is 396 Å². The number of ether oxygens (including phenoxy) is 8. The van der Waals surface area contributed by atoms with Gasteiger partial charge in [-0.3, -0.25) is 19.2 Å². The number of rotatable bonds is 90. The Morgan fingerprint density at radius 2 is 0.355 bits per heavy atom. The van der Waals surface area contributed by atoms with Crippen LogP contribution in [-0.4, -0.2) is 88.3 Å². The van der Waals surface area contributed by atoms with E-state index in [1.807, 2.05) is 0 Å². The molecular weight excluding hydrogens is 1710 g/mol. The van der Waals surface area contributed by atoms with Crippen LogP contribution in [0.2, 0.25) is 0 Å². The van der Waals surface area contributed by atoms with Gasteiger partial charge in [0.15, 0.2) is 0 Å².